The van der Waals surface area contributed by atoms with Crippen molar-refractivity contribution < 1.29 is 40.7 Å². The number of fused-ring (bicyclic) bond motifs is 1. The van der Waals surface area contributed by atoms with Crippen molar-refractivity contribution in [3.8, 4) is 0 Å². The third kappa shape index (κ3) is 5.94. The maximum atomic E-state index is 13.1. The average molecular weight is 471 g/mol. The Bertz CT molecular complexity index is 1060. The zero-order valence-corrected chi connectivity index (χ0v) is 17.3. The topological polar surface area (TPSA) is 55.4 Å². The highest BCUT2D eigenvalue weighted by atomic mass is 19.4. The summed E-state index contributed by atoms with van der Waals surface area (Å²) in [5.41, 5.74) is -1.55. The van der Waals surface area contributed by atoms with E-state index in [4.69, 9.17) is 4.74 Å². The van der Waals surface area contributed by atoms with Crippen LogP contribution in [0.5, 0.6) is 0 Å². The number of rotatable bonds is 5. The summed E-state index contributed by atoms with van der Waals surface area (Å²) in [7, 11) is 0. The van der Waals surface area contributed by atoms with Gasteiger partial charge in [0.2, 0.25) is 0 Å². The van der Waals surface area contributed by atoms with E-state index >= 15 is 0 Å². The molecule has 33 heavy (non-hydrogen) atoms. The Balaban J connectivity index is 1.81. The number of hydrogen-bond acceptors (Lipinski definition) is 3. The molecule has 0 spiro atoms. The zero-order chi connectivity index (χ0) is 24.4. The standard InChI is InChI=1S/C23H19F6NO3/c1-2-33-20(31)8-4-13-3-6-18-14(9-13)5-7-19(18)30-21(32)15-10-16(22(24,25)26)12-17(11-15)23(27,28)29/h3-4,6,8-12,19H,2,5,7H2,1H3,(H,30,32)/b8-4+. The molecule has 0 saturated heterocycles. The number of nitrogens with one attached hydrogen (secondary N) is 1. The second kappa shape index (κ2) is 9.29. The summed E-state index contributed by atoms with van der Waals surface area (Å²) < 4.78 is 83.2. The van der Waals surface area contributed by atoms with Gasteiger partial charge in [0.25, 0.3) is 5.91 Å². The van der Waals surface area contributed by atoms with Crippen LogP contribution in [0.2, 0.25) is 0 Å². The number of alkyl halides is 6. The number of carbonyl (C=O) groups excluding carboxylic acids is 2. The maximum Gasteiger partial charge on any atom is 0.416 e. The average Bonchev–Trinajstić information content (AvgIpc) is 3.13. The van der Waals surface area contributed by atoms with Crippen molar-refractivity contribution >= 4 is 18.0 Å². The molecule has 0 fully saturated rings. The Morgan fingerprint density at radius 1 is 1.03 bits per heavy atom. The van der Waals surface area contributed by atoms with Gasteiger partial charge in [-0.1, -0.05) is 18.2 Å². The lowest BCUT2D eigenvalue weighted by atomic mass is 10.0. The molecule has 1 N–H and O–H groups in total. The van der Waals surface area contributed by atoms with Crippen LogP contribution in [0.4, 0.5) is 26.3 Å². The normalized spacial score (nSPS) is 16.0. The Morgan fingerprint density at radius 3 is 2.24 bits per heavy atom. The quantitative estimate of drug-likeness (QED) is 0.345. The van der Waals surface area contributed by atoms with E-state index < -0.39 is 47.0 Å². The van der Waals surface area contributed by atoms with Gasteiger partial charge in [-0.25, -0.2) is 4.79 Å². The molecule has 0 bridgehead atoms. The monoisotopic (exact) mass is 471 g/mol. The molecule has 176 valence electrons. The lowest BCUT2D eigenvalue weighted by Crippen LogP contribution is -2.28. The summed E-state index contributed by atoms with van der Waals surface area (Å²) in [6, 6.07) is 5.40. The van der Waals surface area contributed by atoms with E-state index in [1.54, 1.807) is 31.2 Å². The van der Waals surface area contributed by atoms with Gasteiger partial charge in [-0.05, 0) is 60.7 Å². The van der Waals surface area contributed by atoms with Gasteiger partial charge in [0.1, 0.15) is 0 Å². The molecule has 2 aromatic carbocycles. The van der Waals surface area contributed by atoms with Crippen molar-refractivity contribution in [3.05, 3.63) is 75.9 Å². The molecule has 0 saturated carbocycles. The number of carbonyl (C=O) groups is 2. The van der Waals surface area contributed by atoms with Crippen molar-refractivity contribution in [1.29, 1.82) is 0 Å². The smallest absolute Gasteiger partial charge is 0.416 e. The molecule has 1 unspecified atom stereocenters. The van der Waals surface area contributed by atoms with E-state index in [9.17, 15) is 35.9 Å². The van der Waals surface area contributed by atoms with Crippen LogP contribution in [-0.4, -0.2) is 18.5 Å². The van der Waals surface area contributed by atoms with Crippen LogP contribution in [0.1, 0.15) is 57.6 Å². The first-order valence-electron chi connectivity index (χ1n) is 9.96. The molecule has 1 aliphatic carbocycles. The van der Waals surface area contributed by atoms with Gasteiger partial charge in [0, 0.05) is 11.6 Å². The molecule has 1 aliphatic rings. The van der Waals surface area contributed by atoms with Crippen LogP contribution in [0.3, 0.4) is 0 Å². The van der Waals surface area contributed by atoms with Gasteiger partial charge in [0.05, 0.1) is 23.8 Å². The van der Waals surface area contributed by atoms with Gasteiger partial charge < -0.3 is 10.1 Å². The largest absolute Gasteiger partial charge is 0.463 e. The molecule has 10 heteroatoms. The molecule has 1 amide bonds. The van der Waals surface area contributed by atoms with Crippen LogP contribution < -0.4 is 5.32 Å². The maximum absolute atomic E-state index is 13.1. The second-order valence-corrected chi connectivity index (χ2v) is 7.40. The van der Waals surface area contributed by atoms with Gasteiger partial charge >= 0.3 is 18.3 Å². The highest BCUT2D eigenvalue weighted by Crippen LogP contribution is 2.37. The Kier molecular flexibility index (Phi) is 6.85. The number of halogens is 6. The molecule has 0 radical (unpaired) electrons. The summed E-state index contributed by atoms with van der Waals surface area (Å²) in [5, 5.41) is 2.53. The zero-order valence-electron chi connectivity index (χ0n) is 17.3. The first-order chi connectivity index (χ1) is 15.4. The van der Waals surface area contributed by atoms with Crippen LogP contribution in [0, 0.1) is 0 Å². The molecule has 0 aliphatic heterocycles. The molecule has 0 heterocycles. The summed E-state index contributed by atoms with van der Waals surface area (Å²) in [6.45, 7) is 1.92. The molecular weight excluding hydrogens is 452 g/mol. The van der Waals surface area contributed by atoms with E-state index in [1.807, 2.05) is 0 Å². The minimum atomic E-state index is -5.04. The van der Waals surface area contributed by atoms with Crippen molar-refractivity contribution in [3.63, 3.8) is 0 Å². The Labute approximate surface area is 185 Å². The predicted octanol–water partition coefficient (Wildman–Crippen LogP) is 5.72. The minimum Gasteiger partial charge on any atom is -0.463 e. The molecule has 4 nitrogen and oxygen atoms in total. The molecule has 1 atom stereocenters. The van der Waals surface area contributed by atoms with Crippen molar-refractivity contribution in [2.75, 3.05) is 6.61 Å². The highest BCUT2D eigenvalue weighted by Gasteiger charge is 2.37. The van der Waals surface area contributed by atoms with E-state index in [-0.39, 0.29) is 12.7 Å². The molecule has 0 aromatic heterocycles. The van der Waals surface area contributed by atoms with Gasteiger partial charge in [0.15, 0.2) is 0 Å². The van der Waals surface area contributed by atoms with Crippen molar-refractivity contribution in [1.82, 2.24) is 5.32 Å². The van der Waals surface area contributed by atoms with Crippen molar-refractivity contribution in [2.45, 2.75) is 38.2 Å². The van der Waals surface area contributed by atoms with E-state index in [0.717, 1.165) is 5.56 Å². The first-order valence-corrected chi connectivity index (χ1v) is 9.96. The highest BCUT2D eigenvalue weighted by molar-refractivity contribution is 5.95. The van der Waals surface area contributed by atoms with Crippen LogP contribution in [-0.2, 0) is 28.3 Å². The van der Waals surface area contributed by atoms with Gasteiger partial charge in [-0.3, -0.25) is 4.79 Å². The van der Waals surface area contributed by atoms with Gasteiger partial charge in [-0.15, -0.1) is 0 Å². The summed E-state index contributed by atoms with van der Waals surface area (Å²) >= 11 is 0. The SMILES string of the molecule is CCOC(=O)/C=C/c1ccc2c(c1)CCC2NC(=O)c1cc(C(F)(F)F)cc(C(F)(F)F)c1. The number of hydrogen-bond donors (Lipinski definition) is 1. The molecule has 3 rings (SSSR count). The fourth-order valence-corrected chi connectivity index (χ4v) is 3.57. The molecular formula is C23H19F6NO3. The van der Waals surface area contributed by atoms with E-state index in [1.165, 1.54) is 6.08 Å². The second-order valence-electron chi connectivity index (χ2n) is 7.40. The Morgan fingerprint density at radius 2 is 1.67 bits per heavy atom. The van der Waals surface area contributed by atoms with E-state index in [0.29, 0.717) is 36.1 Å². The number of aryl methyl sites for hydroxylation is 1. The lowest BCUT2D eigenvalue weighted by Gasteiger charge is -2.17. The number of ether oxygens (including phenoxy) is 1. The number of esters is 1. The van der Waals surface area contributed by atoms with E-state index in [2.05, 4.69) is 5.32 Å². The first kappa shape index (κ1) is 24.3. The minimum absolute atomic E-state index is 0.0208. The lowest BCUT2D eigenvalue weighted by molar-refractivity contribution is -0.143. The summed E-state index contributed by atoms with van der Waals surface area (Å²) in [6.07, 6.45) is -6.28. The molecule has 2 aromatic rings. The summed E-state index contributed by atoms with van der Waals surface area (Å²) in [4.78, 5) is 24.0. The summed E-state index contributed by atoms with van der Waals surface area (Å²) in [5.74, 6) is -1.53. The van der Waals surface area contributed by atoms with Crippen LogP contribution in [0.15, 0.2) is 42.5 Å². The third-order valence-electron chi connectivity index (χ3n) is 5.10. The predicted molar refractivity (Wildman–Crippen MR) is 107 cm³/mol. The number of benzene rings is 2. The third-order valence-corrected chi connectivity index (χ3v) is 5.10. The number of amides is 1. The fraction of sp³-hybridized carbons (Fsp3) is 0.304. The fourth-order valence-electron chi connectivity index (χ4n) is 3.57. The van der Waals surface area contributed by atoms with Crippen LogP contribution in [0.25, 0.3) is 6.08 Å². The van der Waals surface area contributed by atoms with Crippen LogP contribution >= 0.6 is 0 Å². The Hall–Kier alpha value is -3.30. The van der Waals surface area contributed by atoms with Crippen molar-refractivity contribution in [2.24, 2.45) is 0 Å². The van der Waals surface area contributed by atoms with Gasteiger partial charge in [-0.2, -0.15) is 26.3 Å².